The molecular formula is C23H28N6O. The summed E-state index contributed by atoms with van der Waals surface area (Å²) < 4.78 is 1.85. The molecule has 1 aromatic carbocycles. The maximum absolute atomic E-state index is 12.9. The number of piperidine rings is 1. The molecule has 1 amide bonds. The second-order valence-corrected chi connectivity index (χ2v) is 8.59. The summed E-state index contributed by atoms with van der Waals surface area (Å²) in [6, 6.07) is 8.49. The van der Waals surface area contributed by atoms with Gasteiger partial charge in [0.2, 0.25) is 5.91 Å². The number of fused-ring (bicyclic) bond motifs is 2. The van der Waals surface area contributed by atoms with E-state index in [0.717, 1.165) is 62.5 Å². The minimum absolute atomic E-state index is 0.303. The zero-order valence-corrected chi connectivity index (χ0v) is 17.7. The van der Waals surface area contributed by atoms with Crippen LogP contribution >= 0.6 is 0 Å². The van der Waals surface area contributed by atoms with Crippen LogP contribution in [0, 0.1) is 19.8 Å². The minimum atomic E-state index is 0.303. The van der Waals surface area contributed by atoms with Crippen molar-refractivity contribution in [2.24, 2.45) is 5.92 Å². The Morgan fingerprint density at radius 1 is 1.10 bits per heavy atom. The highest BCUT2D eigenvalue weighted by Gasteiger charge is 2.28. The van der Waals surface area contributed by atoms with Crippen LogP contribution in [0.15, 0.2) is 30.6 Å². The number of rotatable bonds is 3. The van der Waals surface area contributed by atoms with E-state index in [1.54, 1.807) is 6.33 Å². The second-order valence-electron chi connectivity index (χ2n) is 8.59. The van der Waals surface area contributed by atoms with Crippen LogP contribution in [0.3, 0.4) is 0 Å². The molecule has 1 fully saturated rings. The predicted octanol–water partition coefficient (Wildman–Crippen LogP) is 2.93. The van der Waals surface area contributed by atoms with Gasteiger partial charge in [0.1, 0.15) is 12.1 Å². The molecular weight excluding hydrogens is 376 g/mol. The molecule has 0 saturated carbocycles. The Morgan fingerprint density at radius 2 is 1.87 bits per heavy atom. The fourth-order valence-electron chi connectivity index (χ4n) is 4.82. The normalized spacial score (nSPS) is 17.4. The Morgan fingerprint density at radius 3 is 2.67 bits per heavy atom. The van der Waals surface area contributed by atoms with E-state index >= 15 is 0 Å². The van der Waals surface area contributed by atoms with Gasteiger partial charge in [-0.25, -0.2) is 4.98 Å². The quantitative estimate of drug-likeness (QED) is 0.672. The molecule has 2 aliphatic rings. The summed E-state index contributed by atoms with van der Waals surface area (Å²) in [6.07, 6.45) is 5.23. The number of hydrogen-bond donors (Lipinski definition) is 0. The molecule has 7 heteroatoms. The molecule has 1 saturated heterocycles. The van der Waals surface area contributed by atoms with E-state index in [-0.39, 0.29) is 0 Å². The van der Waals surface area contributed by atoms with Gasteiger partial charge in [-0.15, -0.1) is 0 Å². The zero-order valence-electron chi connectivity index (χ0n) is 17.7. The van der Waals surface area contributed by atoms with Crippen molar-refractivity contribution in [1.29, 1.82) is 0 Å². The van der Waals surface area contributed by atoms with Crippen LogP contribution < -0.4 is 4.90 Å². The third-order valence-electron chi connectivity index (χ3n) is 6.74. The largest absolute Gasteiger partial charge is 0.356 e. The van der Waals surface area contributed by atoms with E-state index in [0.29, 0.717) is 24.0 Å². The van der Waals surface area contributed by atoms with E-state index in [1.807, 2.05) is 16.3 Å². The van der Waals surface area contributed by atoms with E-state index in [9.17, 15) is 4.79 Å². The number of hydrogen-bond acceptors (Lipinski definition) is 5. The van der Waals surface area contributed by atoms with Crippen LogP contribution in [-0.2, 0) is 17.8 Å². The van der Waals surface area contributed by atoms with E-state index in [1.165, 1.54) is 11.1 Å². The number of carbonyl (C=O) groups excluding carboxylic acids is 1. The lowest BCUT2D eigenvalue weighted by Gasteiger charge is -2.35. The number of carbonyl (C=O) groups is 1. The summed E-state index contributed by atoms with van der Waals surface area (Å²) in [4.78, 5) is 26.2. The fourth-order valence-corrected chi connectivity index (χ4v) is 4.82. The van der Waals surface area contributed by atoms with Crippen molar-refractivity contribution in [3.05, 3.63) is 53.0 Å². The van der Waals surface area contributed by atoms with Crippen molar-refractivity contribution in [2.75, 3.05) is 24.5 Å². The number of benzene rings is 1. The number of aryl methyl sites for hydroxylation is 1. The van der Waals surface area contributed by atoms with Gasteiger partial charge in [-0.05, 0) is 50.2 Å². The topological polar surface area (TPSA) is 66.6 Å². The molecule has 0 atom stereocenters. The highest BCUT2D eigenvalue weighted by molar-refractivity contribution is 5.77. The Hall–Kier alpha value is -2.96. The van der Waals surface area contributed by atoms with Gasteiger partial charge in [0.25, 0.3) is 5.78 Å². The summed E-state index contributed by atoms with van der Waals surface area (Å²) in [5.41, 5.74) is 4.83. The van der Waals surface area contributed by atoms with E-state index in [2.05, 4.69) is 51.2 Å². The number of amides is 1. The molecule has 4 heterocycles. The third kappa shape index (κ3) is 3.42. The average Bonchev–Trinajstić information content (AvgIpc) is 3.22. The number of aromatic nitrogens is 4. The molecule has 0 radical (unpaired) electrons. The summed E-state index contributed by atoms with van der Waals surface area (Å²) >= 11 is 0. The minimum Gasteiger partial charge on any atom is -0.356 e. The van der Waals surface area contributed by atoms with Crippen molar-refractivity contribution in [2.45, 2.75) is 46.1 Å². The smallest absolute Gasteiger partial charge is 0.254 e. The van der Waals surface area contributed by atoms with Crippen LogP contribution in [0.1, 0.15) is 41.6 Å². The Labute approximate surface area is 176 Å². The lowest BCUT2D eigenvalue weighted by Crippen LogP contribution is -2.40. The Bertz CT molecular complexity index is 1080. The van der Waals surface area contributed by atoms with E-state index in [4.69, 9.17) is 0 Å². The first kappa shape index (κ1) is 19.0. The van der Waals surface area contributed by atoms with Crippen LogP contribution in [-0.4, -0.2) is 50.0 Å². The molecule has 156 valence electrons. The molecule has 0 N–H and O–H groups in total. The van der Waals surface area contributed by atoms with Crippen LogP contribution in [0.2, 0.25) is 0 Å². The first-order chi connectivity index (χ1) is 14.6. The first-order valence-corrected chi connectivity index (χ1v) is 10.9. The molecule has 3 aromatic rings. The molecule has 0 spiro atoms. The Balaban J connectivity index is 1.23. The van der Waals surface area contributed by atoms with Gasteiger partial charge in [-0.1, -0.05) is 24.3 Å². The highest BCUT2D eigenvalue weighted by atomic mass is 16.2. The maximum Gasteiger partial charge on any atom is 0.254 e. The SMILES string of the molecule is Cc1nc2ncnn2c(N2CCC(CC(=O)N3CCc4ccccc4C3)CC2)c1C. The van der Waals surface area contributed by atoms with Gasteiger partial charge in [0, 0.05) is 43.9 Å². The molecule has 30 heavy (non-hydrogen) atoms. The van der Waals surface area contributed by atoms with Gasteiger partial charge in [-0.3, -0.25) is 4.79 Å². The first-order valence-electron chi connectivity index (χ1n) is 10.9. The van der Waals surface area contributed by atoms with Gasteiger partial charge in [-0.2, -0.15) is 14.6 Å². The van der Waals surface area contributed by atoms with Gasteiger partial charge in [0.05, 0.1) is 0 Å². The monoisotopic (exact) mass is 404 g/mol. The fraction of sp³-hybridized carbons (Fsp3) is 0.478. The van der Waals surface area contributed by atoms with Gasteiger partial charge in [0.15, 0.2) is 0 Å². The predicted molar refractivity (Wildman–Crippen MR) is 115 cm³/mol. The van der Waals surface area contributed by atoms with Crippen molar-refractivity contribution < 1.29 is 4.79 Å². The average molecular weight is 405 g/mol. The molecule has 0 aliphatic carbocycles. The summed E-state index contributed by atoms with van der Waals surface area (Å²) in [6.45, 7) is 7.58. The van der Waals surface area contributed by atoms with E-state index < -0.39 is 0 Å². The summed E-state index contributed by atoms with van der Waals surface area (Å²) in [5, 5.41) is 4.38. The molecule has 2 aliphatic heterocycles. The maximum atomic E-state index is 12.9. The molecule has 5 rings (SSSR count). The summed E-state index contributed by atoms with van der Waals surface area (Å²) in [7, 11) is 0. The number of anilines is 1. The number of nitrogens with zero attached hydrogens (tertiary/aromatic N) is 6. The Kier molecular flexibility index (Phi) is 4.89. The van der Waals surface area contributed by atoms with Crippen molar-refractivity contribution in [3.63, 3.8) is 0 Å². The van der Waals surface area contributed by atoms with Crippen molar-refractivity contribution in [3.8, 4) is 0 Å². The van der Waals surface area contributed by atoms with Crippen LogP contribution in [0.4, 0.5) is 5.82 Å². The molecule has 0 bridgehead atoms. The van der Waals surface area contributed by atoms with Crippen molar-refractivity contribution in [1.82, 2.24) is 24.5 Å². The van der Waals surface area contributed by atoms with Crippen molar-refractivity contribution >= 4 is 17.5 Å². The standard InChI is InChI=1S/C23H28N6O/c1-16-17(2)26-23-24-15-25-29(23)22(16)27-10-7-18(8-11-27)13-21(30)28-12-9-19-5-3-4-6-20(19)14-28/h3-6,15,18H,7-14H2,1-2H3. The molecule has 0 unspecified atom stereocenters. The van der Waals surface area contributed by atoms with Crippen LogP contribution in [0.25, 0.3) is 5.78 Å². The second kappa shape index (κ2) is 7.70. The van der Waals surface area contributed by atoms with Gasteiger partial charge >= 0.3 is 0 Å². The lowest BCUT2D eigenvalue weighted by molar-refractivity contribution is -0.133. The lowest BCUT2D eigenvalue weighted by atomic mass is 9.92. The molecule has 7 nitrogen and oxygen atoms in total. The van der Waals surface area contributed by atoms with Gasteiger partial charge < -0.3 is 9.80 Å². The highest BCUT2D eigenvalue weighted by Crippen LogP contribution is 2.29. The van der Waals surface area contributed by atoms with Crippen LogP contribution in [0.5, 0.6) is 0 Å². The summed E-state index contributed by atoms with van der Waals surface area (Å²) in [5.74, 6) is 2.49. The molecule has 2 aromatic heterocycles. The third-order valence-corrected chi connectivity index (χ3v) is 6.74. The zero-order chi connectivity index (χ0) is 20.7.